The minimum Gasteiger partial charge on any atom is -0.324 e. The van der Waals surface area contributed by atoms with Crippen molar-refractivity contribution in [3.05, 3.63) is 47.7 Å². The highest BCUT2D eigenvalue weighted by atomic mass is 16.1. The van der Waals surface area contributed by atoms with Crippen LogP contribution in [0.3, 0.4) is 0 Å². The van der Waals surface area contributed by atoms with Crippen LogP contribution in [0.5, 0.6) is 0 Å². The Morgan fingerprint density at radius 3 is 2.80 bits per heavy atom. The highest BCUT2D eigenvalue weighted by Gasteiger charge is 2.10. The van der Waals surface area contributed by atoms with Gasteiger partial charge < -0.3 is 11.1 Å². The number of H-pyrrole nitrogens is 1. The molecule has 1 aromatic carbocycles. The standard InChI is InChI=1S/C15H20N4O/c1-2-12-10-14(19-18-12)17-15(20)9-8-13(16)11-6-4-3-5-7-11/h3-7,10,13H,2,8-9,16H2,1H3,(H2,17,18,19,20). The number of hydrogen-bond donors (Lipinski definition) is 3. The van der Waals surface area contributed by atoms with E-state index in [1.54, 1.807) is 0 Å². The molecule has 0 saturated heterocycles. The third-order valence-electron chi connectivity index (χ3n) is 3.19. The second kappa shape index (κ2) is 6.86. The highest BCUT2D eigenvalue weighted by molar-refractivity contribution is 5.89. The number of aromatic nitrogens is 2. The first-order valence-electron chi connectivity index (χ1n) is 6.83. The van der Waals surface area contributed by atoms with Crippen LogP contribution in [-0.4, -0.2) is 16.1 Å². The Kier molecular flexibility index (Phi) is 4.90. The fraction of sp³-hybridized carbons (Fsp3) is 0.333. The van der Waals surface area contributed by atoms with E-state index in [4.69, 9.17) is 5.73 Å². The molecule has 1 amide bonds. The van der Waals surface area contributed by atoms with Crippen molar-refractivity contribution in [3.8, 4) is 0 Å². The Morgan fingerprint density at radius 2 is 2.15 bits per heavy atom. The molecular formula is C15H20N4O. The van der Waals surface area contributed by atoms with Gasteiger partial charge >= 0.3 is 0 Å². The number of nitrogens with zero attached hydrogens (tertiary/aromatic N) is 1. The van der Waals surface area contributed by atoms with Gasteiger partial charge in [-0.3, -0.25) is 9.89 Å². The Balaban J connectivity index is 1.80. The average molecular weight is 272 g/mol. The number of aromatic amines is 1. The van der Waals surface area contributed by atoms with Gasteiger partial charge in [-0.2, -0.15) is 5.10 Å². The summed E-state index contributed by atoms with van der Waals surface area (Å²) in [5.41, 5.74) is 8.11. The topological polar surface area (TPSA) is 83.8 Å². The zero-order valence-corrected chi connectivity index (χ0v) is 11.6. The van der Waals surface area contributed by atoms with E-state index in [1.807, 2.05) is 43.3 Å². The number of rotatable bonds is 6. The van der Waals surface area contributed by atoms with Crippen molar-refractivity contribution in [1.29, 1.82) is 0 Å². The van der Waals surface area contributed by atoms with E-state index >= 15 is 0 Å². The van der Waals surface area contributed by atoms with Crippen molar-refractivity contribution in [2.75, 3.05) is 5.32 Å². The summed E-state index contributed by atoms with van der Waals surface area (Å²) in [6, 6.07) is 11.5. The molecule has 106 valence electrons. The summed E-state index contributed by atoms with van der Waals surface area (Å²) >= 11 is 0. The molecule has 4 N–H and O–H groups in total. The Hall–Kier alpha value is -2.14. The summed E-state index contributed by atoms with van der Waals surface area (Å²) in [5.74, 6) is 0.505. The number of anilines is 1. The second-order valence-corrected chi connectivity index (χ2v) is 4.74. The molecule has 5 nitrogen and oxygen atoms in total. The first-order valence-corrected chi connectivity index (χ1v) is 6.83. The highest BCUT2D eigenvalue weighted by Crippen LogP contribution is 2.15. The van der Waals surface area contributed by atoms with Gasteiger partial charge in [-0.05, 0) is 18.4 Å². The molecule has 1 unspecified atom stereocenters. The van der Waals surface area contributed by atoms with Crippen LogP contribution >= 0.6 is 0 Å². The largest absolute Gasteiger partial charge is 0.324 e. The van der Waals surface area contributed by atoms with Gasteiger partial charge in [-0.1, -0.05) is 37.3 Å². The van der Waals surface area contributed by atoms with Gasteiger partial charge in [0.2, 0.25) is 5.91 Å². The van der Waals surface area contributed by atoms with E-state index in [-0.39, 0.29) is 11.9 Å². The third kappa shape index (κ3) is 3.93. The molecule has 2 rings (SSSR count). The van der Waals surface area contributed by atoms with Crippen molar-refractivity contribution in [1.82, 2.24) is 10.2 Å². The summed E-state index contributed by atoms with van der Waals surface area (Å²) in [4.78, 5) is 11.8. The van der Waals surface area contributed by atoms with Crippen LogP contribution in [0.15, 0.2) is 36.4 Å². The van der Waals surface area contributed by atoms with Crippen molar-refractivity contribution < 1.29 is 4.79 Å². The molecule has 0 fully saturated rings. The minimum absolute atomic E-state index is 0.0643. The van der Waals surface area contributed by atoms with E-state index in [2.05, 4.69) is 15.5 Å². The average Bonchev–Trinajstić information content (AvgIpc) is 2.93. The number of nitrogens with two attached hydrogens (primary N) is 1. The van der Waals surface area contributed by atoms with Crippen LogP contribution in [0.1, 0.15) is 37.1 Å². The maximum Gasteiger partial charge on any atom is 0.225 e. The lowest BCUT2D eigenvalue weighted by molar-refractivity contribution is -0.116. The number of carbonyl (C=O) groups excluding carboxylic acids is 1. The summed E-state index contributed by atoms with van der Waals surface area (Å²) in [7, 11) is 0. The van der Waals surface area contributed by atoms with Crippen molar-refractivity contribution >= 4 is 11.7 Å². The van der Waals surface area contributed by atoms with Gasteiger partial charge in [0.1, 0.15) is 0 Å². The number of hydrogen-bond acceptors (Lipinski definition) is 3. The molecule has 1 heterocycles. The Morgan fingerprint density at radius 1 is 1.40 bits per heavy atom. The number of aryl methyl sites for hydroxylation is 1. The van der Waals surface area contributed by atoms with E-state index in [0.29, 0.717) is 18.7 Å². The predicted octanol–water partition coefficient (Wildman–Crippen LogP) is 2.39. The van der Waals surface area contributed by atoms with E-state index in [0.717, 1.165) is 17.7 Å². The van der Waals surface area contributed by atoms with Crippen molar-refractivity contribution in [2.24, 2.45) is 5.73 Å². The molecule has 0 aliphatic carbocycles. The molecule has 5 heteroatoms. The monoisotopic (exact) mass is 272 g/mol. The molecule has 0 aliphatic heterocycles. The first kappa shape index (κ1) is 14.3. The van der Waals surface area contributed by atoms with Gasteiger partial charge in [-0.15, -0.1) is 0 Å². The zero-order valence-electron chi connectivity index (χ0n) is 11.6. The fourth-order valence-electron chi connectivity index (χ4n) is 1.97. The molecule has 0 radical (unpaired) electrons. The second-order valence-electron chi connectivity index (χ2n) is 4.74. The molecule has 0 saturated carbocycles. The van der Waals surface area contributed by atoms with Crippen LogP contribution in [0.4, 0.5) is 5.82 Å². The molecule has 20 heavy (non-hydrogen) atoms. The summed E-state index contributed by atoms with van der Waals surface area (Å²) in [6.45, 7) is 2.03. The zero-order chi connectivity index (χ0) is 14.4. The van der Waals surface area contributed by atoms with Gasteiger partial charge in [0.25, 0.3) is 0 Å². The summed E-state index contributed by atoms with van der Waals surface area (Å²) < 4.78 is 0. The number of nitrogens with one attached hydrogen (secondary N) is 2. The van der Waals surface area contributed by atoms with E-state index in [1.165, 1.54) is 0 Å². The van der Waals surface area contributed by atoms with Crippen molar-refractivity contribution in [3.63, 3.8) is 0 Å². The van der Waals surface area contributed by atoms with Crippen LogP contribution in [0, 0.1) is 0 Å². The predicted molar refractivity (Wildman–Crippen MR) is 79.2 cm³/mol. The third-order valence-corrected chi connectivity index (χ3v) is 3.19. The molecule has 0 aliphatic rings. The number of carbonyl (C=O) groups is 1. The van der Waals surface area contributed by atoms with Crippen LogP contribution in [-0.2, 0) is 11.2 Å². The lowest BCUT2D eigenvalue weighted by Gasteiger charge is -2.11. The maximum atomic E-state index is 11.8. The lowest BCUT2D eigenvalue weighted by atomic mass is 10.0. The Labute approximate surface area is 118 Å². The van der Waals surface area contributed by atoms with Gasteiger partial charge in [0.15, 0.2) is 5.82 Å². The van der Waals surface area contributed by atoms with Gasteiger partial charge in [-0.25, -0.2) is 0 Å². The summed E-state index contributed by atoms with van der Waals surface area (Å²) in [5, 5.41) is 9.65. The number of amides is 1. The van der Waals surface area contributed by atoms with E-state index in [9.17, 15) is 4.79 Å². The molecular weight excluding hydrogens is 252 g/mol. The van der Waals surface area contributed by atoms with Crippen LogP contribution in [0.2, 0.25) is 0 Å². The lowest BCUT2D eigenvalue weighted by Crippen LogP contribution is -2.16. The van der Waals surface area contributed by atoms with Crippen molar-refractivity contribution in [2.45, 2.75) is 32.2 Å². The molecule has 1 aromatic heterocycles. The minimum atomic E-state index is -0.118. The maximum absolute atomic E-state index is 11.8. The van der Waals surface area contributed by atoms with Crippen LogP contribution in [0.25, 0.3) is 0 Å². The van der Waals surface area contributed by atoms with Gasteiger partial charge in [0.05, 0.1) is 0 Å². The molecule has 0 bridgehead atoms. The molecule has 2 aromatic rings. The molecule has 0 spiro atoms. The van der Waals surface area contributed by atoms with Gasteiger partial charge in [0, 0.05) is 24.2 Å². The molecule has 1 atom stereocenters. The van der Waals surface area contributed by atoms with E-state index < -0.39 is 0 Å². The summed E-state index contributed by atoms with van der Waals surface area (Å²) in [6.07, 6.45) is 1.85. The fourth-order valence-corrected chi connectivity index (χ4v) is 1.97. The number of benzene rings is 1. The first-order chi connectivity index (χ1) is 9.69. The SMILES string of the molecule is CCc1cc(NC(=O)CCC(N)c2ccccc2)n[nH]1. The quantitative estimate of drug-likeness (QED) is 0.755. The normalized spacial score (nSPS) is 12.1. The van der Waals surface area contributed by atoms with Crippen LogP contribution < -0.4 is 11.1 Å². The Bertz CT molecular complexity index is 550. The smallest absolute Gasteiger partial charge is 0.225 e.